The Balaban J connectivity index is 1.18. The van der Waals surface area contributed by atoms with Gasteiger partial charge in [0.1, 0.15) is 0 Å². The van der Waals surface area contributed by atoms with Crippen molar-refractivity contribution < 1.29 is 0 Å². The smallest absolute Gasteiger partial charge is 0.0726 e. The predicted octanol–water partition coefficient (Wildman–Crippen LogP) is 13.5. The van der Waals surface area contributed by atoms with Crippen molar-refractivity contribution in [2.24, 2.45) is 0 Å². The fourth-order valence-corrected chi connectivity index (χ4v) is 10.9. The molecule has 1 aromatic heterocycles. The molecule has 9 aromatic carbocycles. The van der Waals surface area contributed by atoms with E-state index in [2.05, 4.69) is 170 Å². The van der Waals surface area contributed by atoms with Gasteiger partial charge in [0.15, 0.2) is 0 Å². The van der Waals surface area contributed by atoms with Crippen molar-refractivity contribution in [1.29, 1.82) is 0 Å². The van der Waals surface area contributed by atoms with Crippen LogP contribution in [0.25, 0.3) is 85.9 Å². The Hall–Kier alpha value is -6.02. The monoisotopic (exact) mass is 648 g/mol. The summed E-state index contributed by atoms with van der Waals surface area (Å²) < 4.78 is 2.70. The summed E-state index contributed by atoms with van der Waals surface area (Å²) in [4.78, 5) is 0. The number of fused-ring (bicyclic) bond motifs is 13. The number of hydrogen-bond acceptors (Lipinski definition) is 1. The van der Waals surface area contributed by atoms with E-state index in [1.807, 2.05) is 11.3 Å². The highest BCUT2D eigenvalue weighted by atomic mass is 32.1. The van der Waals surface area contributed by atoms with Crippen molar-refractivity contribution in [3.63, 3.8) is 0 Å². The first-order valence-electron chi connectivity index (χ1n) is 17.4. The normalized spacial score (nSPS) is 15.7. The Morgan fingerprint density at radius 1 is 0.320 bits per heavy atom. The Kier molecular flexibility index (Phi) is 5.14. The number of hydrogen-bond donors (Lipinski definition) is 0. The highest BCUT2D eigenvalue weighted by Gasteiger charge is 2.51. The van der Waals surface area contributed by atoms with E-state index in [1.54, 1.807) is 0 Å². The zero-order chi connectivity index (χ0) is 32.6. The summed E-state index contributed by atoms with van der Waals surface area (Å²) in [6.45, 7) is 0. The maximum atomic E-state index is 2.48. The SMILES string of the molecule is c1ccc(-c2ccc3c(c2)C2(c4ccccc4-3)c3cccc4c5ccc(-c6cccc7c6sc6ccccc67)cc5c5cccc2c5c34)cc1. The predicted molar refractivity (Wildman–Crippen MR) is 214 cm³/mol. The maximum absolute atomic E-state index is 2.48. The van der Waals surface area contributed by atoms with E-state index in [1.165, 1.54) is 108 Å². The Morgan fingerprint density at radius 3 is 1.80 bits per heavy atom. The standard InChI is InChI=1S/C49H28S/c1-2-11-29(12-3-1)30-23-26-35-34-13-4-6-19-41(34)49(44(35)28-30)42-20-9-16-37-33-25-24-31(27-40(33)38-17-10-21-43(49)47(38)46(37)42)32-15-8-18-39-36-14-5-7-22-45(36)50-48(32)39/h1-28H. The number of benzene rings is 9. The second-order valence-electron chi connectivity index (χ2n) is 13.9. The van der Waals surface area contributed by atoms with Gasteiger partial charge in [-0.1, -0.05) is 152 Å². The van der Waals surface area contributed by atoms with Gasteiger partial charge < -0.3 is 0 Å². The first kappa shape index (κ1) is 26.9. The minimum Gasteiger partial charge on any atom is -0.135 e. The van der Waals surface area contributed by atoms with E-state index >= 15 is 0 Å². The van der Waals surface area contributed by atoms with Gasteiger partial charge in [0.05, 0.1) is 5.41 Å². The van der Waals surface area contributed by atoms with Gasteiger partial charge in [0, 0.05) is 20.2 Å². The second kappa shape index (κ2) is 9.57. The van der Waals surface area contributed by atoms with Crippen LogP contribution in [0.5, 0.6) is 0 Å². The van der Waals surface area contributed by atoms with Gasteiger partial charge >= 0.3 is 0 Å². The third-order valence-corrected chi connectivity index (χ3v) is 12.9. The van der Waals surface area contributed by atoms with E-state index in [9.17, 15) is 0 Å². The first-order valence-corrected chi connectivity index (χ1v) is 18.2. The lowest BCUT2D eigenvalue weighted by Gasteiger charge is -2.31. The lowest BCUT2D eigenvalue weighted by molar-refractivity contribution is 0.797. The molecule has 2 aliphatic carbocycles. The molecule has 0 bridgehead atoms. The molecule has 1 heteroatoms. The summed E-state index contributed by atoms with van der Waals surface area (Å²) in [6.07, 6.45) is 0. The van der Waals surface area contributed by atoms with Crippen LogP contribution in [0, 0.1) is 0 Å². The molecule has 1 heterocycles. The third-order valence-electron chi connectivity index (χ3n) is 11.7. The minimum atomic E-state index is -0.388. The Bertz CT molecular complexity index is 3090. The average molecular weight is 649 g/mol. The van der Waals surface area contributed by atoms with Crippen LogP contribution in [0.2, 0.25) is 0 Å². The summed E-state index contributed by atoms with van der Waals surface area (Å²) in [5.74, 6) is 0. The topological polar surface area (TPSA) is 0 Å². The zero-order valence-electron chi connectivity index (χ0n) is 27.1. The molecule has 0 aliphatic heterocycles. The molecule has 230 valence electrons. The van der Waals surface area contributed by atoms with Crippen molar-refractivity contribution in [2.45, 2.75) is 5.41 Å². The molecule has 0 amide bonds. The Labute approximate surface area is 293 Å². The van der Waals surface area contributed by atoms with Crippen LogP contribution in [-0.2, 0) is 5.41 Å². The minimum absolute atomic E-state index is 0.388. The van der Waals surface area contributed by atoms with Crippen LogP contribution < -0.4 is 0 Å². The maximum Gasteiger partial charge on any atom is 0.0726 e. The number of rotatable bonds is 2. The van der Waals surface area contributed by atoms with Crippen molar-refractivity contribution in [3.8, 4) is 33.4 Å². The summed E-state index contributed by atoms with van der Waals surface area (Å²) in [7, 11) is 0. The molecule has 50 heavy (non-hydrogen) atoms. The largest absolute Gasteiger partial charge is 0.135 e. The van der Waals surface area contributed by atoms with Crippen molar-refractivity contribution >= 4 is 63.8 Å². The van der Waals surface area contributed by atoms with Gasteiger partial charge in [-0.2, -0.15) is 0 Å². The van der Waals surface area contributed by atoms with Crippen molar-refractivity contribution in [1.82, 2.24) is 0 Å². The molecule has 10 aromatic rings. The highest BCUT2D eigenvalue weighted by molar-refractivity contribution is 7.26. The van der Waals surface area contributed by atoms with Gasteiger partial charge in [0.2, 0.25) is 0 Å². The zero-order valence-corrected chi connectivity index (χ0v) is 27.9. The fourth-order valence-electron chi connectivity index (χ4n) is 9.68. The summed E-state index contributed by atoms with van der Waals surface area (Å²) in [5.41, 5.74) is 13.0. The average Bonchev–Trinajstić information content (AvgIpc) is 3.82. The van der Waals surface area contributed by atoms with E-state index in [0.29, 0.717) is 0 Å². The highest BCUT2D eigenvalue weighted by Crippen LogP contribution is 2.63. The first-order chi connectivity index (χ1) is 24.8. The van der Waals surface area contributed by atoms with Crippen LogP contribution in [0.15, 0.2) is 170 Å². The molecule has 1 unspecified atom stereocenters. The molecule has 0 saturated heterocycles. The molecule has 0 fully saturated rings. The summed E-state index contributed by atoms with van der Waals surface area (Å²) in [5, 5.41) is 10.8. The van der Waals surface area contributed by atoms with Gasteiger partial charge in [-0.15, -0.1) is 11.3 Å². The fraction of sp³-hybridized carbons (Fsp3) is 0.0204. The van der Waals surface area contributed by atoms with E-state index < -0.39 is 0 Å². The van der Waals surface area contributed by atoms with Crippen LogP contribution in [0.4, 0.5) is 0 Å². The molecule has 0 radical (unpaired) electrons. The second-order valence-corrected chi connectivity index (χ2v) is 15.0. The van der Waals surface area contributed by atoms with Crippen LogP contribution in [-0.4, -0.2) is 0 Å². The van der Waals surface area contributed by atoms with Crippen molar-refractivity contribution in [2.75, 3.05) is 0 Å². The van der Waals surface area contributed by atoms with Gasteiger partial charge in [-0.25, -0.2) is 0 Å². The lowest BCUT2D eigenvalue weighted by atomic mass is 9.70. The quantitative estimate of drug-likeness (QED) is 0.164. The van der Waals surface area contributed by atoms with Crippen LogP contribution >= 0.6 is 11.3 Å². The van der Waals surface area contributed by atoms with E-state index in [4.69, 9.17) is 0 Å². The van der Waals surface area contributed by atoms with Gasteiger partial charge in [0.25, 0.3) is 0 Å². The van der Waals surface area contributed by atoms with Crippen LogP contribution in [0.1, 0.15) is 22.3 Å². The molecule has 0 N–H and O–H groups in total. The summed E-state index contributed by atoms with van der Waals surface area (Å²) >= 11 is 1.90. The molecule has 0 nitrogen and oxygen atoms in total. The molecule has 1 spiro atoms. The van der Waals surface area contributed by atoms with E-state index in [-0.39, 0.29) is 5.41 Å². The molecule has 2 aliphatic rings. The van der Waals surface area contributed by atoms with Crippen molar-refractivity contribution in [3.05, 3.63) is 192 Å². The molecule has 1 atom stereocenters. The molecular weight excluding hydrogens is 621 g/mol. The van der Waals surface area contributed by atoms with Crippen LogP contribution in [0.3, 0.4) is 0 Å². The molecular formula is C49H28S. The van der Waals surface area contributed by atoms with Gasteiger partial charge in [-0.05, 0) is 106 Å². The molecule has 0 saturated carbocycles. The lowest BCUT2D eigenvalue weighted by Crippen LogP contribution is -2.26. The third kappa shape index (κ3) is 3.22. The molecule has 12 rings (SSSR count). The van der Waals surface area contributed by atoms with E-state index in [0.717, 1.165) is 0 Å². The van der Waals surface area contributed by atoms with Gasteiger partial charge in [-0.3, -0.25) is 0 Å². The Morgan fingerprint density at radius 2 is 0.940 bits per heavy atom. The summed E-state index contributed by atoms with van der Waals surface area (Å²) in [6, 6.07) is 64.1. The number of thiophene rings is 1.